The Morgan fingerprint density at radius 1 is 1.50 bits per heavy atom. The molecule has 2 rings (SSSR count). The van der Waals surface area contributed by atoms with Gasteiger partial charge in [-0.3, -0.25) is 4.79 Å². The molecule has 3 heteroatoms. The minimum atomic E-state index is -0.103. The fourth-order valence-electron chi connectivity index (χ4n) is 1.26. The summed E-state index contributed by atoms with van der Waals surface area (Å²) in [5, 5.41) is 0. The van der Waals surface area contributed by atoms with Crippen LogP contribution in [0.25, 0.3) is 5.65 Å². The topological polar surface area (TPSA) is 34.4 Å². The summed E-state index contributed by atoms with van der Waals surface area (Å²) >= 11 is 0. The fourth-order valence-corrected chi connectivity index (χ4v) is 1.26. The highest BCUT2D eigenvalue weighted by Gasteiger charge is 2.10. The molecule has 0 saturated heterocycles. The van der Waals surface area contributed by atoms with Gasteiger partial charge in [0, 0.05) is 12.4 Å². The van der Waals surface area contributed by atoms with E-state index < -0.39 is 0 Å². The highest BCUT2D eigenvalue weighted by atomic mass is 16.1. The van der Waals surface area contributed by atoms with Crippen LogP contribution < -0.4 is 0 Å². The number of fused-ring (bicyclic) bond motifs is 1. The molecule has 0 aromatic carbocycles. The van der Waals surface area contributed by atoms with Gasteiger partial charge in [-0.05, 0) is 24.6 Å². The predicted octanol–water partition coefficient (Wildman–Crippen LogP) is 2.09. The zero-order valence-corrected chi connectivity index (χ0v) is 7.90. The van der Waals surface area contributed by atoms with Crippen molar-refractivity contribution in [1.82, 2.24) is 9.38 Å². The van der Waals surface area contributed by atoms with Crippen LogP contribution in [0, 0.1) is 0 Å². The van der Waals surface area contributed by atoms with E-state index in [0.29, 0.717) is 11.3 Å². The second-order valence-corrected chi connectivity index (χ2v) is 3.20. The zero-order valence-electron chi connectivity index (χ0n) is 7.90. The first kappa shape index (κ1) is 8.69. The number of hydrogen-bond acceptors (Lipinski definition) is 2. The molecule has 70 valence electrons. The lowest BCUT2D eigenvalue weighted by Crippen LogP contribution is -1.99. The van der Waals surface area contributed by atoms with Crippen LogP contribution in [-0.4, -0.2) is 15.2 Å². The summed E-state index contributed by atoms with van der Waals surface area (Å²) in [6, 6.07) is 5.64. The summed E-state index contributed by atoms with van der Waals surface area (Å²) in [6.45, 7) is 5.29. The number of pyridine rings is 1. The van der Waals surface area contributed by atoms with Gasteiger partial charge in [-0.25, -0.2) is 4.98 Å². The summed E-state index contributed by atoms with van der Waals surface area (Å²) in [4.78, 5) is 15.7. The van der Waals surface area contributed by atoms with Crippen LogP contribution in [0.4, 0.5) is 0 Å². The van der Waals surface area contributed by atoms with Crippen LogP contribution in [0.2, 0.25) is 0 Å². The average Bonchev–Trinajstić information content (AvgIpc) is 2.59. The average molecular weight is 186 g/mol. The molecule has 0 radical (unpaired) electrons. The van der Waals surface area contributed by atoms with Crippen molar-refractivity contribution >= 4 is 11.4 Å². The lowest BCUT2D eigenvalue weighted by molar-refractivity contribution is 0.103. The molecule has 0 fully saturated rings. The van der Waals surface area contributed by atoms with Gasteiger partial charge < -0.3 is 4.40 Å². The maximum absolute atomic E-state index is 11.5. The van der Waals surface area contributed by atoms with Crippen LogP contribution in [0.15, 0.2) is 42.7 Å². The van der Waals surface area contributed by atoms with Gasteiger partial charge in [-0.2, -0.15) is 0 Å². The molecule has 0 amide bonds. The number of allylic oxidation sites excluding steroid dienone is 1. The number of hydrogen-bond donors (Lipinski definition) is 0. The molecule has 0 aliphatic rings. The van der Waals surface area contributed by atoms with Gasteiger partial charge in [-0.1, -0.05) is 12.6 Å². The minimum absolute atomic E-state index is 0.103. The molecular formula is C11H10N2O. The van der Waals surface area contributed by atoms with E-state index in [-0.39, 0.29) is 5.78 Å². The summed E-state index contributed by atoms with van der Waals surface area (Å²) in [5.41, 5.74) is 1.73. The molecule has 0 aliphatic carbocycles. The Kier molecular flexibility index (Phi) is 1.93. The molecule has 2 aromatic rings. The largest absolute Gasteiger partial charge is 0.306 e. The molecule has 0 bridgehead atoms. The third-order valence-corrected chi connectivity index (χ3v) is 1.98. The Bertz CT molecular complexity index is 478. The Hall–Kier alpha value is -1.90. The molecule has 3 nitrogen and oxygen atoms in total. The predicted molar refractivity (Wildman–Crippen MR) is 54.3 cm³/mol. The number of aromatic nitrogens is 2. The molecule has 14 heavy (non-hydrogen) atoms. The van der Waals surface area contributed by atoms with Crippen molar-refractivity contribution in [2.45, 2.75) is 6.92 Å². The number of Topliss-reactive ketones (excluding diaryl/α,β-unsaturated/α-hetero) is 1. The van der Waals surface area contributed by atoms with Crippen LogP contribution in [-0.2, 0) is 0 Å². The van der Waals surface area contributed by atoms with Crippen molar-refractivity contribution in [3.63, 3.8) is 0 Å². The van der Waals surface area contributed by atoms with Gasteiger partial charge in [0.25, 0.3) is 0 Å². The molecule has 0 unspecified atom stereocenters. The summed E-state index contributed by atoms with van der Waals surface area (Å²) in [6.07, 6.45) is 3.57. The minimum Gasteiger partial charge on any atom is -0.306 e. The summed E-state index contributed by atoms with van der Waals surface area (Å²) < 4.78 is 1.82. The van der Waals surface area contributed by atoms with Crippen molar-refractivity contribution in [1.29, 1.82) is 0 Å². The first-order chi connectivity index (χ1) is 6.68. The molecule has 0 spiro atoms. The van der Waals surface area contributed by atoms with Gasteiger partial charge in [0.1, 0.15) is 11.3 Å². The van der Waals surface area contributed by atoms with Crippen LogP contribution >= 0.6 is 0 Å². The molecule has 0 N–H and O–H groups in total. The Morgan fingerprint density at radius 3 is 2.93 bits per heavy atom. The summed E-state index contributed by atoms with van der Waals surface area (Å²) in [5.74, 6) is -0.103. The number of imidazole rings is 1. The van der Waals surface area contributed by atoms with Crippen molar-refractivity contribution in [3.05, 3.63) is 48.4 Å². The number of ketones is 1. The third-order valence-electron chi connectivity index (χ3n) is 1.98. The van der Waals surface area contributed by atoms with E-state index in [1.54, 1.807) is 13.1 Å². The van der Waals surface area contributed by atoms with E-state index in [1.807, 2.05) is 28.8 Å². The molecule has 0 aliphatic heterocycles. The first-order valence-electron chi connectivity index (χ1n) is 4.32. The number of nitrogens with zero attached hydrogens (tertiary/aromatic N) is 2. The van der Waals surface area contributed by atoms with Crippen molar-refractivity contribution in [2.75, 3.05) is 0 Å². The van der Waals surface area contributed by atoms with Gasteiger partial charge in [0.15, 0.2) is 0 Å². The zero-order chi connectivity index (χ0) is 10.1. The molecule has 2 aromatic heterocycles. The normalized spacial score (nSPS) is 10.4. The van der Waals surface area contributed by atoms with Crippen molar-refractivity contribution in [3.8, 4) is 0 Å². The molecule has 0 atom stereocenters. The second kappa shape index (κ2) is 3.10. The van der Waals surface area contributed by atoms with E-state index >= 15 is 0 Å². The molecular weight excluding hydrogens is 176 g/mol. The second-order valence-electron chi connectivity index (χ2n) is 3.20. The lowest BCUT2D eigenvalue weighted by Gasteiger charge is -1.90. The van der Waals surface area contributed by atoms with Crippen LogP contribution in [0.1, 0.15) is 17.4 Å². The molecule has 0 saturated carbocycles. The van der Waals surface area contributed by atoms with Crippen molar-refractivity contribution < 1.29 is 4.79 Å². The lowest BCUT2D eigenvalue weighted by atomic mass is 10.2. The van der Waals surface area contributed by atoms with E-state index in [0.717, 1.165) is 5.65 Å². The number of carbonyl (C=O) groups is 1. The smallest absolute Gasteiger partial charge is 0.208 e. The third kappa shape index (κ3) is 1.33. The van der Waals surface area contributed by atoms with E-state index in [4.69, 9.17) is 0 Å². The summed E-state index contributed by atoms with van der Waals surface area (Å²) in [7, 11) is 0. The van der Waals surface area contributed by atoms with Crippen LogP contribution in [0.5, 0.6) is 0 Å². The Balaban J connectivity index is 2.55. The Labute approximate surface area is 81.7 Å². The fraction of sp³-hybridized carbons (Fsp3) is 0.0909. The van der Waals surface area contributed by atoms with Crippen LogP contribution in [0.3, 0.4) is 0 Å². The highest BCUT2D eigenvalue weighted by molar-refractivity contribution is 6.06. The van der Waals surface area contributed by atoms with E-state index in [1.165, 1.54) is 0 Å². The van der Waals surface area contributed by atoms with Gasteiger partial charge in [-0.15, -0.1) is 0 Å². The van der Waals surface area contributed by atoms with E-state index in [2.05, 4.69) is 11.6 Å². The quantitative estimate of drug-likeness (QED) is 0.531. The first-order valence-corrected chi connectivity index (χ1v) is 4.32. The van der Waals surface area contributed by atoms with Gasteiger partial charge in [0.2, 0.25) is 5.78 Å². The number of carbonyl (C=O) groups excluding carboxylic acids is 1. The Morgan fingerprint density at radius 2 is 2.29 bits per heavy atom. The standard InChI is InChI=1S/C11H10N2O/c1-8(2)11(14)9-7-13-6-4-3-5-10(13)12-9/h3-7H,1H2,2H3. The van der Waals surface area contributed by atoms with E-state index in [9.17, 15) is 4.79 Å². The van der Waals surface area contributed by atoms with Gasteiger partial charge >= 0.3 is 0 Å². The number of rotatable bonds is 2. The highest BCUT2D eigenvalue weighted by Crippen LogP contribution is 2.08. The molecule has 2 heterocycles. The van der Waals surface area contributed by atoms with Crippen molar-refractivity contribution in [2.24, 2.45) is 0 Å². The maximum Gasteiger partial charge on any atom is 0.208 e. The monoisotopic (exact) mass is 186 g/mol. The maximum atomic E-state index is 11.5. The SMILES string of the molecule is C=C(C)C(=O)c1cn2ccccc2n1. The van der Waals surface area contributed by atoms with Gasteiger partial charge in [0.05, 0.1) is 0 Å².